The highest BCUT2D eigenvalue weighted by molar-refractivity contribution is 6.31. The van der Waals surface area contributed by atoms with Crippen LogP contribution >= 0.6 is 11.6 Å². The van der Waals surface area contributed by atoms with Gasteiger partial charge >= 0.3 is 12.0 Å². The smallest absolute Gasteiger partial charge is 0.319 e. The quantitative estimate of drug-likeness (QED) is 0.367. The molecule has 0 saturated heterocycles. The second-order valence-corrected chi connectivity index (χ2v) is 8.36. The fraction of sp³-hybridized carbons (Fsp3) is 0.240. The average Bonchev–Trinajstić information content (AvgIpc) is 2.81. The molecular formula is C25H26ClN3O6. The van der Waals surface area contributed by atoms with E-state index in [1.54, 1.807) is 43.3 Å². The van der Waals surface area contributed by atoms with E-state index in [0.29, 0.717) is 21.9 Å². The largest absolute Gasteiger partial charge is 0.505 e. The summed E-state index contributed by atoms with van der Waals surface area (Å²) in [6.07, 6.45) is 0.998. The van der Waals surface area contributed by atoms with Crippen molar-refractivity contribution >= 4 is 29.3 Å². The lowest BCUT2D eigenvalue weighted by Crippen LogP contribution is -2.36. The summed E-state index contributed by atoms with van der Waals surface area (Å²) in [6, 6.07) is 9.93. The van der Waals surface area contributed by atoms with E-state index >= 15 is 0 Å². The standard InChI is InChI=1S/C25H26ClN3O6/c1-14-15(2)21(35-3)9-8-17(14)19(12-22(31)32)27-25(34)28-23-20(30)10-11-29(24(23)33)13-16-6-4-5-7-18(16)26/h4-11,19,30H,12-13H2,1-3H3,(H,31,32)(H2,27,28,34)/t19-/m1/s1. The zero-order chi connectivity index (χ0) is 25.7. The van der Waals surface area contributed by atoms with Gasteiger partial charge < -0.3 is 30.2 Å². The van der Waals surface area contributed by atoms with E-state index < -0.39 is 35.8 Å². The molecule has 3 rings (SSSR count). The van der Waals surface area contributed by atoms with Gasteiger partial charge in [-0.2, -0.15) is 0 Å². The van der Waals surface area contributed by atoms with Crippen molar-refractivity contribution in [3.05, 3.63) is 86.3 Å². The van der Waals surface area contributed by atoms with Crippen LogP contribution in [0.15, 0.2) is 53.5 Å². The van der Waals surface area contributed by atoms with Gasteiger partial charge in [0.2, 0.25) is 0 Å². The number of pyridine rings is 1. The molecule has 10 heteroatoms. The third-order valence-electron chi connectivity index (χ3n) is 5.74. The maximum Gasteiger partial charge on any atom is 0.319 e. The molecule has 9 nitrogen and oxygen atoms in total. The third kappa shape index (κ3) is 5.93. The molecule has 184 valence electrons. The van der Waals surface area contributed by atoms with Gasteiger partial charge in [0.05, 0.1) is 26.1 Å². The van der Waals surface area contributed by atoms with E-state index in [9.17, 15) is 24.6 Å². The Balaban J connectivity index is 1.86. The zero-order valence-electron chi connectivity index (χ0n) is 19.5. The van der Waals surface area contributed by atoms with E-state index in [1.807, 2.05) is 6.92 Å². The number of amides is 2. The minimum atomic E-state index is -1.12. The molecule has 0 unspecified atom stereocenters. The Kier molecular flexibility index (Phi) is 8.03. The number of carbonyl (C=O) groups excluding carboxylic acids is 1. The lowest BCUT2D eigenvalue weighted by Gasteiger charge is -2.22. The van der Waals surface area contributed by atoms with Crippen molar-refractivity contribution in [2.45, 2.75) is 32.9 Å². The van der Waals surface area contributed by atoms with Crippen LogP contribution in [-0.4, -0.2) is 33.9 Å². The minimum absolute atomic E-state index is 0.126. The normalized spacial score (nSPS) is 11.5. The summed E-state index contributed by atoms with van der Waals surface area (Å²) in [5.41, 5.74) is 1.87. The van der Waals surface area contributed by atoms with Crippen LogP contribution in [0.2, 0.25) is 5.02 Å². The number of nitrogens with zero attached hydrogens (tertiary/aromatic N) is 1. The molecule has 4 N–H and O–H groups in total. The van der Waals surface area contributed by atoms with Crippen LogP contribution in [0.25, 0.3) is 0 Å². The molecule has 0 fully saturated rings. The summed E-state index contributed by atoms with van der Waals surface area (Å²) < 4.78 is 6.59. The molecule has 3 aromatic rings. The zero-order valence-corrected chi connectivity index (χ0v) is 20.2. The number of carboxylic acids is 1. The van der Waals surface area contributed by atoms with Gasteiger partial charge in [-0.1, -0.05) is 35.9 Å². The van der Waals surface area contributed by atoms with Crippen LogP contribution in [0.5, 0.6) is 11.5 Å². The topological polar surface area (TPSA) is 130 Å². The Morgan fingerprint density at radius 2 is 1.83 bits per heavy atom. The number of ether oxygens (including phenoxy) is 1. The monoisotopic (exact) mass is 499 g/mol. The number of carboxylic acid groups (broad SMARTS) is 1. The number of carbonyl (C=O) groups is 2. The fourth-order valence-electron chi connectivity index (χ4n) is 3.75. The lowest BCUT2D eigenvalue weighted by molar-refractivity contribution is -0.137. The molecule has 1 heterocycles. The van der Waals surface area contributed by atoms with Crippen molar-refractivity contribution in [3.8, 4) is 11.5 Å². The van der Waals surface area contributed by atoms with Gasteiger partial charge in [0.1, 0.15) is 11.5 Å². The number of urea groups is 1. The van der Waals surface area contributed by atoms with E-state index in [2.05, 4.69) is 10.6 Å². The molecule has 0 aliphatic heterocycles. The molecule has 2 aromatic carbocycles. The molecule has 0 aliphatic rings. The van der Waals surface area contributed by atoms with E-state index in [-0.39, 0.29) is 12.2 Å². The van der Waals surface area contributed by atoms with Gasteiger partial charge in [-0.15, -0.1) is 0 Å². The molecule has 1 atom stereocenters. The van der Waals surface area contributed by atoms with Gasteiger partial charge in [-0.25, -0.2) is 4.79 Å². The van der Waals surface area contributed by atoms with E-state index in [4.69, 9.17) is 16.3 Å². The first-order chi connectivity index (χ1) is 16.6. The molecule has 0 radical (unpaired) electrons. The summed E-state index contributed by atoms with van der Waals surface area (Å²) >= 11 is 6.18. The van der Waals surface area contributed by atoms with Crippen molar-refractivity contribution in [3.63, 3.8) is 0 Å². The molecule has 0 aliphatic carbocycles. The molecule has 0 bridgehead atoms. The first kappa shape index (κ1) is 25.6. The Labute approximate surface area is 206 Å². The van der Waals surface area contributed by atoms with Crippen molar-refractivity contribution in [1.82, 2.24) is 9.88 Å². The van der Waals surface area contributed by atoms with Gasteiger partial charge in [0.15, 0.2) is 5.69 Å². The van der Waals surface area contributed by atoms with Crippen LogP contribution < -0.4 is 20.9 Å². The number of aromatic hydroxyl groups is 1. The first-order valence-electron chi connectivity index (χ1n) is 10.7. The number of aromatic nitrogens is 1. The highest BCUT2D eigenvalue weighted by Crippen LogP contribution is 2.29. The highest BCUT2D eigenvalue weighted by Gasteiger charge is 2.23. The van der Waals surface area contributed by atoms with Crippen molar-refractivity contribution < 1.29 is 24.5 Å². The second kappa shape index (κ2) is 11.0. The van der Waals surface area contributed by atoms with Crippen LogP contribution in [0.1, 0.15) is 34.7 Å². The SMILES string of the molecule is COc1ccc([C@@H](CC(=O)O)NC(=O)Nc2c(O)ccn(Cc3ccccc3Cl)c2=O)c(C)c1C. The number of rotatable bonds is 8. The van der Waals surface area contributed by atoms with E-state index in [0.717, 1.165) is 11.1 Å². The minimum Gasteiger partial charge on any atom is -0.505 e. The second-order valence-electron chi connectivity index (χ2n) is 7.96. The maximum atomic E-state index is 13.0. The van der Waals surface area contributed by atoms with Crippen LogP contribution in [0.4, 0.5) is 10.5 Å². The molecule has 1 aromatic heterocycles. The predicted octanol–water partition coefficient (Wildman–Crippen LogP) is 4.22. The maximum absolute atomic E-state index is 13.0. The summed E-state index contributed by atoms with van der Waals surface area (Å²) in [7, 11) is 1.53. The summed E-state index contributed by atoms with van der Waals surface area (Å²) in [5, 5.41) is 25.1. The van der Waals surface area contributed by atoms with E-state index in [1.165, 1.54) is 23.9 Å². The van der Waals surface area contributed by atoms with Crippen molar-refractivity contribution in [1.29, 1.82) is 0 Å². The molecular weight excluding hydrogens is 474 g/mol. The van der Waals surface area contributed by atoms with Gasteiger partial charge in [-0.3, -0.25) is 9.59 Å². The Morgan fingerprint density at radius 1 is 1.11 bits per heavy atom. The molecule has 0 saturated carbocycles. The first-order valence-corrected chi connectivity index (χ1v) is 11.1. The van der Waals surface area contributed by atoms with Crippen molar-refractivity contribution in [2.24, 2.45) is 0 Å². The summed E-state index contributed by atoms with van der Waals surface area (Å²) in [4.78, 5) is 37.3. The third-order valence-corrected chi connectivity index (χ3v) is 6.11. The predicted molar refractivity (Wildman–Crippen MR) is 133 cm³/mol. The Hall–Kier alpha value is -3.98. The van der Waals surface area contributed by atoms with Crippen molar-refractivity contribution in [2.75, 3.05) is 12.4 Å². The van der Waals surface area contributed by atoms with Gasteiger partial charge in [-0.05, 0) is 54.3 Å². The number of nitrogens with one attached hydrogen (secondary N) is 2. The summed E-state index contributed by atoms with van der Waals surface area (Å²) in [5.74, 6) is -0.905. The number of benzene rings is 2. The number of aliphatic carboxylic acids is 1. The number of halogens is 1. The van der Waals surface area contributed by atoms with Crippen LogP contribution in [0, 0.1) is 13.8 Å². The van der Waals surface area contributed by atoms with Gasteiger partial charge in [0.25, 0.3) is 5.56 Å². The molecule has 0 spiro atoms. The Bertz CT molecular complexity index is 1320. The molecule has 2 amide bonds. The molecule has 35 heavy (non-hydrogen) atoms. The highest BCUT2D eigenvalue weighted by atomic mass is 35.5. The number of hydrogen-bond acceptors (Lipinski definition) is 5. The number of methoxy groups -OCH3 is 1. The van der Waals surface area contributed by atoms with Gasteiger partial charge in [0, 0.05) is 11.2 Å². The lowest BCUT2D eigenvalue weighted by atomic mass is 9.95. The summed E-state index contributed by atoms with van der Waals surface area (Å²) in [6.45, 7) is 3.76. The average molecular weight is 500 g/mol. The Morgan fingerprint density at radius 3 is 2.49 bits per heavy atom. The van der Waals surface area contributed by atoms with Crippen LogP contribution in [-0.2, 0) is 11.3 Å². The number of hydrogen-bond donors (Lipinski definition) is 4. The van der Waals surface area contributed by atoms with Crippen LogP contribution in [0.3, 0.4) is 0 Å². The number of anilines is 1. The fourth-order valence-corrected chi connectivity index (χ4v) is 3.95.